The van der Waals surface area contributed by atoms with Gasteiger partial charge in [0.2, 0.25) is 0 Å². The van der Waals surface area contributed by atoms with Gasteiger partial charge in [0.05, 0.1) is 24.5 Å². The van der Waals surface area contributed by atoms with Crippen LogP contribution in [-0.2, 0) is 25.5 Å². The van der Waals surface area contributed by atoms with Crippen LogP contribution in [0.1, 0.15) is 52.3 Å². The molecule has 0 spiro atoms. The lowest BCUT2D eigenvalue weighted by Gasteiger charge is -2.19. The van der Waals surface area contributed by atoms with Crippen LogP contribution in [0.25, 0.3) is 17.0 Å². The second kappa shape index (κ2) is 8.55. The minimum atomic E-state index is -0.702. The standard InChI is InChI=1S/C23H29NO4/c1-22(2,3)28-20(25)12-11-18-10-9-17-8-7-16(15-19(17)24-18)13-14-23(4,5)21(26)27-6/h7-10,13-15H,11-12H2,1-6H3/b14-13+. The number of rotatable bonds is 6. The monoisotopic (exact) mass is 383 g/mol. The summed E-state index contributed by atoms with van der Waals surface area (Å²) in [5, 5.41) is 1.02. The van der Waals surface area contributed by atoms with Gasteiger partial charge in [-0.05, 0) is 52.3 Å². The Morgan fingerprint density at radius 2 is 1.75 bits per heavy atom. The number of aryl methyl sites for hydroxylation is 1. The molecule has 5 heteroatoms. The molecule has 1 aromatic heterocycles. The third-order valence-corrected chi connectivity index (χ3v) is 4.18. The molecule has 0 atom stereocenters. The molecule has 2 rings (SSSR count). The summed E-state index contributed by atoms with van der Waals surface area (Å²) in [5.41, 5.74) is 1.45. The van der Waals surface area contributed by atoms with Crippen molar-refractivity contribution in [1.29, 1.82) is 0 Å². The van der Waals surface area contributed by atoms with Crippen LogP contribution in [0.5, 0.6) is 0 Å². The van der Waals surface area contributed by atoms with Crippen molar-refractivity contribution in [2.24, 2.45) is 5.41 Å². The lowest BCUT2D eigenvalue weighted by atomic mass is 9.92. The molecule has 0 aliphatic carbocycles. The van der Waals surface area contributed by atoms with Gasteiger partial charge in [0.1, 0.15) is 5.60 Å². The molecule has 0 saturated heterocycles. The molecule has 0 amide bonds. The van der Waals surface area contributed by atoms with Gasteiger partial charge in [0.15, 0.2) is 0 Å². The van der Waals surface area contributed by atoms with Gasteiger partial charge >= 0.3 is 11.9 Å². The van der Waals surface area contributed by atoms with E-state index in [0.29, 0.717) is 12.8 Å². The van der Waals surface area contributed by atoms with E-state index in [0.717, 1.165) is 22.2 Å². The Hall–Kier alpha value is -2.69. The molecular weight excluding hydrogens is 354 g/mol. The quantitative estimate of drug-likeness (QED) is 0.675. The van der Waals surface area contributed by atoms with E-state index in [2.05, 4.69) is 4.98 Å². The molecule has 0 radical (unpaired) electrons. The average Bonchev–Trinajstić information content (AvgIpc) is 2.62. The van der Waals surface area contributed by atoms with Crippen LogP contribution in [0.4, 0.5) is 0 Å². The van der Waals surface area contributed by atoms with Gasteiger partial charge in [-0.1, -0.05) is 30.4 Å². The first-order valence-corrected chi connectivity index (χ1v) is 9.39. The highest BCUT2D eigenvalue weighted by atomic mass is 16.6. The maximum atomic E-state index is 11.9. The van der Waals surface area contributed by atoms with Crippen LogP contribution in [0, 0.1) is 5.41 Å². The molecule has 0 fully saturated rings. The molecule has 2 aromatic rings. The number of methoxy groups -OCH3 is 1. The summed E-state index contributed by atoms with van der Waals surface area (Å²) >= 11 is 0. The van der Waals surface area contributed by atoms with E-state index in [4.69, 9.17) is 9.47 Å². The fourth-order valence-corrected chi connectivity index (χ4v) is 2.68. The van der Waals surface area contributed by atoms with Crippen LogP contribution in [0.15, 0.2) is 36.4 Å². The summed E-state index contributed by atoms with van der Waals surface area (Å²) in [7, 11) is 1.39. The first-order chi connectivity index (χ1) is 13.0. The van der Waals surface area contributed by atoms with Crippen LogP contribution < -0.4 is 0 Å². The third-order valence-electron chi connectivity index (χ3n) is 4.18. The lowest BCUT2D eigenvalue weighted by molar-refractivity contribution is -0.154. The van der Waals surface area contributed by atoms with Crippen LogP contribution >= 0.6 is 0 Å². The summed E-state index contributed by atoms with van der Waals surface area (Å²) in [4.78, 5) is 28.4. The number of hydrogen-bond acceptors (Lipinski definition) is 5. The van der Waals surface area contributed by atoms with E-state index in [-0.39, 0.29) is 11.9 Å². The van der Waals surface area contributed by atoms with Gasteiger partial charge in [-0.25, -0.2) is 0 Å². The minimum Gasteiger partial charge on any atom is -0.468 e. The van der Waals surface area contributed by atoms with E-state index in [1.54, 1.807) is 0 Å². The Morgan fingerprint density at radius 3 is 2.39 bits per heavy atom. The molecule has 0 unspecified atom stereocenters. The molecule has 0 aliphatic heterocycles. The van der Waals surface area contributed by atoms with Gasteiger partial charge in [-0.2, -0.15) is 0 Å². The van der Waals surface area contributed by atoms with Crippen molar-refractivity contribution in [3.8, 4) is 0 Å². The van der Waals surface area contributed by atoms with Crippen LogP contribution in [0.3, 0.4) is 0 Å². The predicted molar refractivity (Wildman–Crippen MR) is 111 cm³/mol. The van der Waals surface area contributed by atoms with Crippen molar-refractivity contribution >= 4 is 28.9 Å². The normalized spacial score (nSPS) is 12.4. The Labute approximate surface area is 166 Å². The van der Waals surface area contributed by atoms with Crippen molar-refractivity contribution < 1.29 is 19.1 Å². The number of nitrogens with zero attached hydrogens (tertiary/aromatic N) is 1. The summed E-state index contributed by atoms with van der Waals surface area (Å²) < 4.78 is 10.2. The number of carbonyl (C=O) groups is 2. The van der Waals surface area contributed by atoms with Gasteiger partial charge in [0, 0.05) is 17.5 Å². The molecule has 5 nitrogen and oxygen atoms in total. The maximum absolute atomic E-state index is 11.9. The van der Waals surface area contributed by atoms with Crippen molar-refractivity contribution in [2.75, 3.05) is 7.11 Å². The zero-order valence-electron chi connectivity index (χ0n) is 17.5. The fourth-order valence-electron chi connectivity index (χ4n) is 2.68. The van der Waals surface area contributed by atoms with Crippen molar-refractivity contribution in [1.82, 2.24) is 4.98 Å². The molecule has 0 aliphatic rings. The highest BCUT2D eigenvalue weighted by molar-refractivity contribution is 5.83. The van der Waals surface area contributed by atoms with E-state index in [1.165, 1.54) is 7.11 Å². The van der Waals surface area contributed by atoms with E-state index in [1.807, 2.05) is 77.1 Å². The zero-order valence-corrected chi connectivity index (χ0v) is 17.5. The minimum absolute atomic E-state index is 0.226. The molecule has 1 heterocycles. The number of pyridine rings is 1. The highest BCUT2D eigenvalue weighted by Crippen LogP contribution is 2.22. The summed E-state index contributed by atoms with van der Waals surface area (Å²) in [6.07, 6.45) is 4.54. The van der Waals surface area contributed by atoms with Crippen LogP contribution in [-0.4, -0.2) is 29.6 Å². The topological polar surface area (TPSA) is 65.5 Å². The van der Waals surface area contributed by atoms with Crippen molar-refractivity contribution in [3.63, 3.8) is 0 Å². The third kappa shape index (κ3) is 6.19. The van der Waals surface area contributed by atoms with E-state index < -0.39 is 11.0 Å². The smallest absolute Gasteiger partial charge is 0.315 e. The number of hydrogen-bond donors (Lipinski definition) is 0. The molecule has 1 aromatic carbocycles. The lowest BCUT2D eigenvalue weighted by Crippen LogP contribution is -2.24. The van der Waals surface area contributed by atoms with E-state index >= 15 is 0 Å². The molecule has 150 valence electrons. The van der Waals surface area contributed by atoms with Crippen molar-refractivity contribution in [2.45, 2.75) is 53.1 Å². The number of fused-ring (bicyclic) bond motifs is 1. The summed E-state index contributed by atoms with van der Waals surface area (Å²) in [6, 6.07) is 9.87. The molecule has 0 bridgehead atoms. The second-order valence-electron chi connectivity index (χ2n) is 8.39. The Kier molecular flexibility index (Phi) is 6.60. The predicted octanol–water partition coefficient (Wildman–Crippen LogP) is 4.72. The molecule has 0 saturated carbocycles. The fraction of sp³-hybridized carbons (Fsp3) is 0.435. The Bertz CT molecular complexity index is 891. The summed E-state index contributed by atoms with van der Waals surface area (Å²) in [5.74, 6) is -0.511. The van der Waals surface area contributed by atoms with Gasteiger partial charge in [-0.3, -0.25) is 14.6 Å². The second-order valence-corrected chi connectivity index (χ2v) is 8.39. The van der Waals surface area contributed by atoms with E-state index in [9.17, 15) is 9.59 Å². The SMILES string of the molecule is COC(=O)C(C)(C)/C=C/c1ccc2ccc(CCC(=O)OC(C)(C)C)nc2c1. The van der Waals surface area contributed by atoms with Gasteiger partial charge in [-0.15, -0.1) is 0 Å². The van der Waals surface area contributed by atoms with Crippen molar-refractivity contribution in [3.05, 3.63) is 47.7 Å². The summed E-state index contributed by atoms with van der Waals surface area (Å²) in [6.45, 7) is 9.19. The van der Waals surface area contributed by atoms with Crippen LogP contribution in [0.2, 0.25) is 0 Å². The molecule has 28 heavy (non-hydrogen) atoms. The van der Waals surface area contributed by atoms with Gasteiger partial charge < -0.3 is 9.47 Å². The van der Waals surface area contributed by atoms with Gasteiger partial charge in [0.25, 0.3) is 0 Å². The number of aromatic nitrogens is 1. The Morgan fingerprint density at radius 1 is 1.07 bits per heavy atom. The zero-order chi connectivity index (χ0) is 20.9. The number of ether oxygens (including phenoxy) is 2. The maximum Gasteiger partial charge on any atom is 0.315 e. The number of esters is 2. The number of carbonyl (C=O) groups excluding carboxylic acids is 2. The number of benzene rings is 1. The average molecular weight is 383 g/mol. The first kappa shape index (κ1) is 21.6. The first-order valence-electron chi connectivity index (χ1n) is 9.39. The molecular formula is C23H29NO4. The largest absolute Gasteiger partial charge is 0.468 e. The highest BCUT2D eigenvalue weighted by Gasteiger charge is 2.25. The molecule has 0 N–H and O–H groups in total. The Balaban J connectivity index is 2.14.